The van der Waals surface area contributed by atoms with E-state index in [4.69, 9.17) is 5.73 Å². The van der Waals surface area contributed by atoms with E-state index in [0.29, 0.717) is 22.3 Å². The number of amides is 2. The average Bonchev–Trinajstić information content (AvgIpc) is 2.80. The molecule has 0 aliphatic carbocycles. The lowest BCUT2D eigenvalue weighted by Gasteiger charge is -2.12. The summed E-state index contributed by atoms with van der Waals surface area (Å²) in [5.41, 5.74) is 7.90. The number of carbonyl (C=O) groups is 2. The molecule has 4 rings (SSSR count). The number of carbonyl (C=O) groups excluding carboxylic acids is 2. The van der Waals surface area contributed by atoms with Crippen LogP contribution < -0.4 is 11.1 Å². The molecule has 158 valence electrons. The van der Waals surface area contributed by atoms with E-state index in [-0.39, 0.29) is 17.0 Å². The van der Waals surface area contributed by atoms with Crippen LogP contribution in [0.25, 0.3) is 10.8 Å². The summed E-state index contributed by atoms with van der Waals surface area (Å²) >= 11 is 0. The van der Waals surface area contributed by atoms with Gasteiger partial charge in [-0.25, -0.2) is 0 Å². The molecule has 4 N–H and O–H groups in total. The molecule has 0 atom stereocenters. The van der Waals surface area contributed by atoms with Gasteiger partial charge in [0.1, 0.15) is 5.69 Å². The van der Waals surface area contributed by atoms with Crippen LogP contribution in [0, 0.1) is 6.92 Å². The first-order valence-electron chi connectivity index (χ1n) is 9.87. The fourth-order valence-electron chi connectivity index (χ4n) is 3.29. The third-order valence-electron chi connectivity index (χ3n) is 5.05. The van der Waals surface area contributed by atoms with E-state index >= 15 is 0 Å². The Morgan fingerprint density at radius 2 is 1.59 bits per heavy atom. The molecule has 0 unspecified atom stereocenters. The van der Waals surface area contributed by atoms with Crippen molar-refractivity contribution in [3.8, 4) is 5.75 Å². The number of rotatable bonds is 5. The van der Waals surface area contributed by atoms with Gasteiger partial charge in [0.15, 0.2) is 5.75 Å². The maximum Gasteiger partial charge on any atom is 0.259 e. The molecule has 0 saturated heterocycles. The largest absolute Gasteiger partial charge is 0.505 e. The first-order chi connectivity index (χ1) is 15.4. The van der Waals surface area contributed by atoms with E-state index in [2.05, 4.69) is 15.5 Å². The molecule has 4 aromatic carbocycles. The monoisotopic (exact) mass is 424 g/mol. The van der Waals surface area contributed by atoms with E-state index < -0.39 is 11.8 Å². The van der Waals surface area contributed by atoms with Crippen LogP contribution in [-0.4, -0.2) is 16.9 Å². The number of fused-ring (bicyclic) bond motifs is 1. The van der Waals surface area contributed by atoms with Crippen LogP contribution in [0.4, 0.5) is 17.1 Å². The zero-order chi connectivity index (χ0) is 22.7. The number of nitrogens with zero attached hydrogens (tertiary/aromatic N) is 2. The van der Waals surface area contributed by atoms with Gasteiger partial charge in [0.05, 0.1) is 11.3 Å². The van der Waals surface area contributed by atoms with Crippen LogP contribution >= 0.6 is 0 Å². The first-order valence-corrected chi connectivity index (χ1v) is 9.87. The number of primary amides is 1. The summed E-state index contributed by atoms with van der Waals surface area (Å²) in [6.07, 6.45) is 0. The summed E-state index contributed by atoms with van der Waals surface area (Å²) in [6.45, 7) is 1.89. The fourth-order valence-corrected chi connectivity index (χ4v) is 3.29. The van der Waals surface area contributed by atoms with Crippen molar-refractivity contribution in [2.24, 2.45) is 16.0 Å². The van der Waals surface area contributed by atoms with Crippen LogP contribution in [0.15, 0.2) is 89.1 Å². The molecule has 0 aliphatic heterocycles. The Kier molecular flexibility index (Phi) is 5.63. The average molecular weight is 424 g/mol. The third kappa shape index (κ3) is 4.17. The topological polar surface area (TPSA) is 117 Å². The summed E-state index contributed by atoms with van der Waals surface area (Å²) in [5.74, 6) is -1.26. The van der Waals surface area contributed by atoms with Gasteiger partial charge in [-0.15, -0.1) is 5.11 Å². The van der Waals surface area contributed by atoms with Crippen molar-refractivity contribution in [3.63, 3.8) is 0 Å². The Labute approximate surface area is 184 Å². The molecule has 32 heavy (non-hydrogen) atoms. The van der Waals surface area contributed by atoms with Crippen LogP contribution in [0.3, 0.4) is 0 Å². The quantitative estimate of drug-likeness (QED) is 0.361. The second kappa shape index (κ2) is 8.69. The molecule has 7 nitrogen and oxygen atoms in total. The lowest BCUT2D eigenvalue weighted by atomic mass is 10.0. The minimum Gasteiger partial charge on any atom is -0.505 e. The Balaban J connectivity index is 1.75. The van der Waals surface area contributed by atoms with Gasteiger partial charge in [-0.05, 0) is 54.3 Å². The number of nitrogens with one attached hydrogen (secondary N) is 1. The van der Waals surface area contributed by atoms with Gasteiger partial charge in [0.25, 0.3) is 5.91 Å². The molecule has 7 heteroatoms. The van der Waals surface area contributed by atoms with E-state index in [9.17, 15) is 14.7 Å². The molecule has 4 aromatic rings. The highest BCUT2D eigenvalue weighted by molar-refractivity contribution is 6.12. The van der Waals surface area contributed by atoms with Gasteiger partial charge >= 0.3 is 0 Å². The standard InChI is InChI=1S/C25H20N4O3/c1-15-6-2-5-9-21(15)27-25(32)20-14-17-7-3-4-8-19(17)22(23(20)30)29-28-18-12-10-16(11-13-18)24(26)31/h2-14,30H,1H3,(H2,26,31)(H,27,32). The van der Waals surface area contributed by atoms with E-state index in [1.165, 1.54) is 0 Å². The summed E-state index contributed by atoms with van der Waals surface area (Å²) in [4.78, 5) is 24.2. The second-order valence-electron chi connectivity index (χ2n) is 7.22. The summed E-state index contributed by atoms with van der Waals surface area (Å²) < 4.78 is 0. The third-order valence-corrected chi connectivity index (χ3v) is 5.05. The Morgan fingerprint density at radius 3 is 2.31 bits per heavy atom. The molecule has 2 amide bonds. The molecule has 0 bridgehead atoms. The normalized spacial score (nSPS) is 11.0. The zero-order valence-electron chi connectivity index (χ0n) is 17.2. The van der Waals surface area contributed by atoms with E-state index in [1.807, 2.05) is 43.3 Å². The van der Waals surface area contributed by atoms with Gasteiger partial charge in [0.2, 0.25) is 5.91 Å². The number of phenols is 1. The molecule has 0 radical (unpaired) electrons. The van der Waals surface area contributed by atoms with Crippen LogP contribution in [0.5, 0.6) is 5.75 Å². The van der Waals surface area contributed by atoms with Gasteiger partial charge in [-0.1, -0.05) is 42.5 Å². The van der Waals surface area contributed by atoms with Crippen molar-refractivity contribution in [3.05, 3.63) is 95.6 Å². The Hall–Kier alpha value is -4.52. The number of nitrogens with two attached hydrogens (primary N) is 1. The van der Waals surface area contributed by atoms with Crippen LogP contribution in [-0.2, 0) is 0 Å². The smallest absolute Gasteiger partial charge is 0.259 e. The zero-order valence-corrected chi connectivity index (χ0v) is 17.2. The lowest BCUT2D eigenvalue weighted by Crippen LogP contribution is -2.13. The summed E-state index contributed by atoms with van der Waals surface area (Å²) in [7, 11) is 0. The maximum atomic E-state index is 13.0. The Morgan fingerprint density at radius 1 is 0.906 bits per heavy atom. The van der Waals surface area contributed by atoms with Crippen molar-refractivity contribution in [2.45, 2.75) is 6.92 Å². The maximum absolute atomic E-state index is 13.0. The van der Waals surface area contributed by atoms with Crippen molar-refractivity contribution in [2.75, 3.05) is 5.32 Å². The number of benzene rings is 4. The number of aryl methyl sites for hydroxylation is 1. The van der Waals surface area contributed by atoms with Gasteiger partial charge in [-0.2, -0.15) is 5.11 Å². The number of anilines is 1. The Bertz CT molecular complexity index is 1360. The number of hydrogen-bond acceptors (Lipinski definition) is 5. The second-order valence-corrected chi connectivity index (χ2v) is 7.22. The highest BCUT2D eigenvalue weighted by Gasteiger charge is 2.19. The first kappa shape index (κ1) is 20.7. The summed E-state index contributed by atoms with van der Waals surface area (Å²) in [6, 6.07) is 22.6. The molecule has 0 aliphatic rings. The van der Waals surface area contributed by atoms with Crippen molar-refractivity contribution in [1.29, 1.82) is 0 Å². The van der Waals surface area contributed by atoms with Crippen molar-refractivity contribution < 1.29 is 14.7 Å². The minimum atomic E-state index is -0.538. The summed E-state index contributed by atoms with van der Waals surface area (Å²) in [5, 5.41) is 23.5. The molecular formula is C25H20N4O3. The number of azo groups is 1. The molecule has 0 fully saturated rings. The van der Waals surface area contributed by atoms with Crippen LogP contribution in [0.1, 0.15) is 26.3 Å². The minimum absolute atomic E-state index is 0.0879. The van der Waals surface area contributed by atoms with Crippen molar-refractivity contribution in [1.82, 2.24) is 0 Å². The van der Waals surface area contributed by atoms with E-state index in [1.54, 1.807) is 42.5 Å². The molecule has 0 aromatic heterocycles. The predicted molar refractivity (Wildman–Crippen MR) is 124 cm³/mol. The van der Waals surface area contributed by atoms with Crippen LogP contribution in [0.2, 0.25) is 0 Å². The highest BCUT2D eigenvalue weighted by atomic mass is 16.3. The van der Waals surface area contributed by atoms with Gasteiger partial charge in [0, 0.05) is 16.6 Å². The predicted octanol–water partition coefficient (Wildman–Crippen LogP) is 5.62. The lowest BCUT2D eigenvalue weighted by molar-refractivity contribution is 0.0997. The molecule has 0 spiro atoms. The van der Waals surface area contributed by atoms with Gasteiger partial charge < -0.3 is 16.2 Å². The number of hydrogen-bond donors (Lipinski definition) is 3. The molecular weight excluding hydrogens is 404 g/mol. The fraction of sp³-hybridized carbons (Fsp3) is 0.0400. The van der Waals surface area contributed by atoms with Gasteiger partial charge in [-0.3, -0.25) is 9.59 Å². The number of phenolic OH excluding ortho intramolecular Hbond substituents is 1. The van der Waals surface area contributed by atoms with E-state index in [0.717, 1.165) is 10.9 Å². The SMILES string of the molecule is Cc1ccccc1NC(=O)c1cc2ccccc2c(N=Nc2ccc(C(N)=O)cc2)c1O. The molecule has 0 heterocycles. The number of aromatic hydroxyl groups is 1. The highest BCUT2D eigenvalue weighted by Crippen LogP contribution is 2.39. The molecule has 0 saturated carbocycles. The van der Waals surface area contributed by atoms with Crippen molar-refractivity contribution >= 4 is 39.6 Å². The number of para-hydroxylation sites is 1.